The quantitative estimate of drug-likeness (QED) is 0.841. The second-order valence-corrected chi connectivity index (χ2v) is 4.79. The van der Waals surface area contributed by atoms with Crippen LogP contribution in [0.5, 0.6) is 0 Å². The van der Waals surface area contributed by atoms with Crippen LogP contribution in [0.4, 0.5) is 5.82 Å². The van der Waals surface area contributed by atoms with Gasteiger partial charge in [0.25, 0.3) is 0 Å². The normalized spacial score (nSPS) is 16.6. The second-order valence-electron chi connectivity index (χ2n) is 4.38. The molecule has 104 valence electrons. The van der Waals surface area contributed by atoms with Gasteiger partial charge in [-0.3, -0.25) is 4.90 Å². The molecule has 1 aliphatic rings. The number of carbonyl (C=O) groups is 1. The second kappa shape index (κ2) is 6.18. The predicted molar refractivity (Wildman–Crippen MR) is 71.9 cm³/mol. The molecule has 1 fully saturated rings. The van der Waals surface area contributed by atoms with Crippen LogP contribution in [-0.2, 0) is 0 Å². The summed E-state index contributed by atoms with van der Waals surface area (Å²) in [6, 6.07) is 1.51. The number of β-amino-alcohol motifs (C(OH)–C–C–N with tert-alkyl or cyclic N) is 1. The number of aromatic nitrogens is 1. The van der Waals surface area contributed by atoms with E-state index in [-0.39, 0.29) is 17.2 Å². The lowest BCUT2D eigenvalue weighted by molar-refractivity contribution is 0.0697. The zero-order valence-corrected chi connectivity index (χ0v) is 11.2. The van der Waals surface area contributed by atoms with Gasteiger partial charge in [-0.25, -0.2) is 9.78 Å². The van der Waals surface area contributed by atoms with E-state index in [1.165, 1.54) is 12.3 Å². The van der Waals surface area contributed by atoms with Crippen molar-refractivity contribution in [2.24, 2.45) is 0 Å². The Morgan fingerprint density at radius 2 is 2.05 bits per heavy atom. The van der Waals surface area contributed by atoms with Crippen LogP contribution in [0.25, 0.3) is 0 Å². The highest BCUT2D eigenvalue weighted by Crippen LogP contribution is 2.21. The van der Waals surface area contributed by atoms with Crippen LogP contribution in [0.3, 0.4) is 0 Å². The number of hydrogen-bond donors (Lipinski definition) is 2. The summed E-state index contributed by atoms with van der Waals surface area (Å²) < 4.78 is 0. The number of aromatic carboxylic acids is 1. The smallest absolute Gasteiger partial charge is 0.337 e. The van der Waals surface area contributed by atoms with Crippen LogP contribution in [0.2, 0.25) is 5.02 Å². The molecule has 0 aromatic carbocycles. The molecule has 2 N–H and O–H groups in total. The Morgan fingerprint density at radius 1 is 1.37 bits per heavy atom. The van der Waals surface area contributed by atoms with Gasteiger partial charge in [0.1, 0.15) is 5.82 Å². The average Bonchev–Trinajstić information content (AvgIpc) is 2.40. The van der Waals surface area contributed by atoms with Gasteiger partial charge in [0, 0.05) is 38.9 Å². The van der Waals surface area contributed by atoms with Crippen LogP contribution >= 0.6 is 11.6 Å². The molecule has 0 unspecified atom stereocenters. The summed E-state index contributed by atoms with van der Waals surface area (Å²) in [6.45, 7) is 3.99. The van der Waals surface area contributed by atoms with E-state index in [1.807, 2.05) is 4.90 Å². The summed E-state index contributed by atoms with van der Waals surface area (Å²) in [5, 5.41) is 18.1. The number of carboxylic acids is 1. The molecule has 7 heteroatoms. The van der Waals surface area contributed by atoms with E-state index in [9.17, 15) is 4.79 Å². The summed E-state index contributed by atoms with van der Waals surface area (Å²) in [5.41, 5.74) is 0.0736. The SMILES string of the molecule is O=C(O)c1cc(N2CCN(CCO)CC2)ncc1Cl. The monoisotopic (exact) mass is 285 g/mol. The number of carboxylic acid groups (broad SMARTS) is 1. The van der Waals surface area contributed by atoms with E-state index in [0.717, 1.165) is 26.2 Å². The number of nitrogens with zero attached hydrogens (tertiary/aromatic N) is 3. The van der Waals surface area contributed by atoms with E-state index in [4.69, 9.17) is 21.8 Å². The van der Waals surface area contributed by atoms with Gasteiger partial charge in [-0.05, 0) is 6.07 Å². The van der Waals surface area contributed by atoms with Crippen LogP contribution in [0, 0.1) is 0 Å². The Bertz CT molecular complexity index is 462. The largest absolute Gasteiger partial charge is 0.478 e. The zero-order chi connectivity index (χ0) is 13.8. The highest BCUT2D eigenvalue weighted by Gasteiger charge is 2.19. The molecule has 1 saturated heterocycles. The third-order valence-corrected chi connectivity index (χ3v) is 3.49. The van der Waals surface area contributed by atoms with Crippen molar-refractivity contribution >= 4 is 23.4 Å². The first-order chi connectivity index (χ1) is 9.11. The van der Waals surface area contributed by atoms with Gasteiger partial charge in [-0.2, -0.15) is 0 Å². The molecule has 2 heterocycles. The molecular formula is C12H16ClN3O3. The van der Waals surface area contributed by atoms with Crippen LogP contribution in [0.1, 0.15) is 10.4 Å². The van der Waals surface area contributed by atoms with Gasteiger partial charge < -0.3 is 15.1 Å². The first-order valence-electron chi connectivity index (χ1n) is 6.09. The number of pyridine rings is 1. The van der Waals surface area contributed by atoms with Gasteiger partial charge in [0.2, 0.25) is 0 Å². The molecule has 0 saturated carbocycles. The highest BCUT2D eigenvalue weighted by molar-refractivity contribution is 6.33. The molecular weight excluding hydrogens is 270 g/mol. The number of halogens is 1. The number of piperazine rings is 1. The minimum absolute atomic E-state index is 0.0736. The standard InChI is InChI=1S/C12H16ClN3O3/c13-10-8-14-11(7-9(10)12(18)19)16-3-1-15(2-4-16)5-6-17/h7-8,17H,1-6H2,(H,18,19). The maximum Gasteiger partial charge on any atom is 0.337 e. The first-order valence-corrected chi connectivity index (χ1v) is 6.46. The number of anilines is 1. The average molecular weight is 286 g/mol. The van der Waals surface area contributed by atoms with E-state index < -0.39 is 5.97 Å². The number of aliphatic hydroxyl groups excluding tert-OH is 1. The zero-order valence-electron chi connectivity index (χ0n) is 10.4. The molecule has 1 aromatic heterocycles. The third-order valence-electron chi connectivity index (χ3n) is 3.18. The van der Waals surface area contributed by atoms with Crippen molar-refractivity contribution in [1.29, 1.82) is 0 Å². The Morgan fingerprint density at radius 3 is 2.63 bits per heavy atom. The van der Waals surface area contributed by atoms with Crippen molar-refractivity contribution in [3.05, 3.63) is 22.8 Å². The van der Waals surface area contributed by atoms with Crippen molar-refractivity contribution in [1.82, 2.24) is 9.88 Å². The van der Waals surface area contributed by atoms with E-state index in [1.54, 1.807) is 0 Å². The van der Waals surface area contributed by atoms with Crippen molar-refractivity contribution in [2.75, 3.05) is 44.2 Å². The van der Waals surface area contributed by atoms with Gasteiger partial charge >= 0.3 is 5.97 Å². The van der Waals surface area contributed by atoms with E-state index in [2.05, 4.69) is 9.88 Å². The van der Waals surface area contributed by atoms with E-state index in [0.29, 0.717) is 12.4 Å². The van der Waals surface area contributed by atoms with Gasteiger partial charge in [-0.15, -0.1) is 0 Å². The van der Waals surface area contributed by atoms with E-state index >= 15 is 0 Å². The topological polar surface area (TPSA) is 76.9 Å². The third kappa shape index (κ3) is 3.34. The molecule has 6 nitrogen and oxygen atoms in total. The highest BCUT2D eigenvalue weighted by atomic mass is 35.5. The van der Waals surface area contributed by atoms with Crippen molar-refractivity contribution in [3.63, 3.8) is 0 Å². The van der Waals surface area contributed by atoms with Crippen LogP contribution in [0.15, 0.2) is 12.3 Å². The van der Waals surface area contributed by atoms with Crippen LogP contribution in [-0.4, -0.2) is 65.4 Å². The Hall–Kier alpha value is -1.37. The summed E-state index contributed by atoms with van der Waals surface area (Å²) in [7, 11) is 0. The molecule has 0 amide bonds. The lowest BCUT2D eigenvalue weighted by Crippen LogP contribution is -2.47. The molecule has 1 aliphatic heterocycles. The Balaban J connectivity index is 2.07. The summed E-state index contributed by atoms with van der Waals surface area (Å²) in [4.78, 5) is 19.4. The van der Waals surface area contributed by atoms with Gasteiger partial charge in [0.05, 0.1) is 17.2 Å². The van der Waals surface area contributed by atoms with Crippen molar-refractivity contribution < 1.29 is 15.0 Å². The maximum absolute atomic E-state index is 11.0. The molecule has 1 aromatic rings. The lowest BCUT2D eigenvalue weighted by Gasteiger charge is -2.35. The van der Waals surface area contributed by atoms with Gasteiger partial charge in [0.15, 0.2) is 0 Å². The fraction of sp³-hybridized carbons (Fsp3) is 0.500. The molecule has 0 atom stereocenters. The fourth-order valence-corrected chi connectivity index (χ4v) is 2.29. The number of hydrogen-bond acceptors (Lipinski definition) is 5. The molecule has 19 heavy (non-hydrogen) atoms. The number of aliphatic hydroxyl groups is 1. The minimum Gasteiger partial charge on any atom is -0.478 e. The summed E-state index contributed by atoms with van der Waals surface area (Å²) >= 11 is 5.80. The van der Waals surface area contributed by atoms with Crippen molar-refractivity contribution in [2.45, 2.75) is 0 Å². The fourth-order valence-electron chi connectivity index (χ4n) is 2.11. The molecule has 2 rings (SSSR count). The summed E-state index contributed by atoms with van der Waals surface area (Å²) in [5.74, 6) is -0.419. The predicted octanol–water partition coefficient (Wildman–Crippen LogP) is 0.548. The Kier molecular flexibility index (Phi) is 4.57. The maximum atomic E-state index is 11.0. The first kappa shape index (κ1) is 14.0. The lowest BCUT2D eigenvalue weighted by atomic mass is 10.2. The van der Waals surface area contributed by atoms with Crippen molar-refractivity contribution in [3.8, 4) is 0 Å². The molecule has 0 radical (unpaired) electrons. The Labute approximate surface area is 116 Å². The minimum atomic E-state index is -1.05. The molecule has 0 spiro atoms. The summed E-state index contributed by atoms with van der Waals surface area (Å²) in [6.07, 6.45) is 1.38. The molecule has 0 bridgehead atoms. The van der Waals surface area contributed by atoms with Gasteiger partial charge in [-0.1, -0.05) is 11.6 Å². The number of rotatable bonds is 4. The molecule has 0 aliphatic carbocycles. The van der Waals surface area contributed by atoms with Crippen LogP contribution < -0.4 is 4.90 Å².